The zero-order valence-electron chi connectivity index (χ0n) is 15.8. The van der Waals surface area contributed by atoms with Crippen molar-refractivity contribution in [2.24, 2.45) is 0 Å². The molecule has 2 aromatic carbocycles. The van der Waals surface area contributed by atoms with Crippen LogP contribution in [-0.4, -0.2) is 37.8 Å². The lowest BCUT2D eigenvalue weighted by molar-refractivity contribution is -0.114. The Morgan fingerprint density at radius 2 is 1.71 bits per heavy atom. The average molecular weight is 396 g/mol. The quantitative estimate of drug-likeness (QED) is 0.621. The van der Waals surface area contributed by atoms with Crippen molar-refractivity contribution in [3.63, 3.8) is 0 Å². The van der Waals surface area contributed by atoms with Crippen molar-refractivity contribution in [1.29, 1.82) is 0 Å². The fourth-order valence-electron chi connectivity index (χ4n) is 2.63. The first kappa shape index (κ1) is 19.6. The minimum Gasteiger partial charge on any atom is -0.326 e. The average Bonchev–Trinajstić information content (AvgIpc) is 3.09. The van der Waals surface area contributed by atoms with Crippen LogP contribution in [0.3, 0.4) is 0 Å². The summed E-state index contributed by atoms with van der Waals surface area (Å²) in [4.78, 5) is 23.3. The predicted molar refractivity (Wildman–Crippen MR) is 109 cm³/mol. The Morgan fingerprint density at radius 3 is 2.36 bits per heavy atom. The second-order valence-electron chi connectivity index (χ2n) is 6.26. The SMILES string of the molecule is CC(=O)Nc1ccc(NC(=O)CSc2nnnn2-c2ccc(C)cc2C)cc1. The van der Waals surface area contributed by atoms with Crippen molar-refractivity contribution in [3.05, 3.63) is 53.6 Å². The molecule has 2 amide bonds. The second-order valence-corrected chi connectivity index (χ2v) is 7.20. The Hall–Kier alpha value is -3.20. The maximum atomic E-state index is 12.3. The second kappa shape index (κ2) is 8.66. The van der Waals surface area contributed by atoms with Crippen LogP contribution in [0.15, 0.2) is 47.6 Å². The van der Waals surface area contributed by atoms with Crippen molar-refractivity contribution in [3.8, 4) is 5.69 Å². The normalized spacial score (nSPS) is 10.5. The summed E-state index contributed by atoms with van der Waals surface area (Å²) in [5, 5.41) is 17.8. The van der Waals surface area contributed by atoms with Gasteiger partial charge in [0.05, 0.1) is 11.4 Å². The van der Waals surface area contributed by atoms with Gasteiger partial charge in [0.15, 0.2) is 0 Å². The molecule has 0 aliphatic heterocycles. The van der Waals surface area contributed by atoms with Crippen molar-refractivity contribution in [1.82, 2.24) is 20.2 Å². The van der Waals surface area contributed by atoms with Crippen LogP contribution in [0.1, 0.15) is 18.1 Å². The summed E-state index contributed by atoms with van der Waals surface area (Å²) >= 11 is 1.26. The number of aryl methyl sites for hydroxylation is 2. The van der Waals surface area contributed by atoms with Crippen LogP contribution in [-0.2, 0) is 9.59 Å². The van der Waals surface area contributed by atoms with Crippen LogP contribution in [0.25, 0.3) is 5.69 Å². The Kier molecular flexibility index (Phi) is 6.05. The van der Waals surface area contributed by atoms with Crippen LogP contribution < -0.4 is 10.6 Å². The van der Waals surface area contributed by atoms with E-state index in [1.165, 1.54) is 18.7 Å². The van der Waals surface area contributed by atoms with Gasteiger partial charge in [-0.15, -0.1) is 5.10 Å². The number of rotatable bonds is 6. The minimum atomic E-state index is -0.174. The molecule has 0 bridgehead atoms. The van der Waals surface area contributed by atoms with Crippen LogP contribution in [0.4, 0.5) is 11.4 Å². The number of nitrogens with zero attached hydrogens (tertiary/aromatic N) is 4. The molecule has 1 heterocycles. The number of carbonyl (C=O) groups excluding carboxylic acids is 2. The van der Waals surface area contributed by atoms with Crippen LogP contribution >= 0.6 is 11.8 Å². The summed E-state index contributed by atoms with van der Waals surface area (Å²) in [6, 6.07) is 12.9. The highest BCUT2D eigenvalue weighted by molar-refractivity contribution is 7.99. The smallest absolute Gasteiger partial charge is 0.234 e. The first-order valence-electron chi connectivity index (χ1n) is 8.58. The van der Waals surface area contributed by atoms with Crippen LogP contribution in [0.2, 0.25) is 0 Å². The number of tetrazole rings is 1. The molecule has 0 saturated heterocycles. The van der Waals surface area contributed by atoms with E-state index in [9.17, 15) is 9.59 Å². The van der Waals surface area contributed by atoms with Gasteiger partial charge in [-0.25, -0.2) is 0 Å². The van der Waals surface area contributed by atoms with E-state index in [0.29, 0.717) is 16.5 Å². The van der Waals surface area contributed by atoms with Gasteiger partial charge >= 0.3 is 0 Å². The van der Waals surface area contributed by atoms with E-state index in [0.717, 1.165) is 16.8 Å². The standard InChI is InChI=1S/C19H20N6O2S/c1-12-4-9-17(13(2)10-12)25-19(22-23-24-25)28-11-18(27)21-16-7-5-15(6-8-16)20-14(3)26/h4-10H,11H2,1-3H3,(H,20,26)(H,21,27). The number of thioether (sulfide) groups is 1. The Labute approximate surface area is 166 Å². The maximum absolute atomic E-state index is 12.3. The summed E-state index contributed by atoms with van der Waals surface area (Å²) < 4.78 is 1.63. The lowest BCUT2D eigenvalue weighted by Crippen LogP contribution is -2.15. The molecule has 9 heteroatoms. The van der Waals surface area contributed by atoms with Gasteiger partial charge in [-0.1, -0.05) is 29.5 Å². The van der Waals surface area contributed by atoms with E-state index in [2.05, 4.69) is 32.2 Å². The zero-order chi connectivity index (χ0) is 20.1. The first-order valence-corrected chi connectivity index (χ1v) is 9.57. The number of carbonyl (C=O) groups is 2. The topological polar surface area (TPSA) is 102 Å². The molecule has 0 atom stereocenters. The van der Waals surface area contributed by atoms with Crippen LogP contribution in [0, 0.1) is 13.8 Å². The zero-order valence-corrected chi connectivity index (χ0v) is 16.6. The van der Waals surface area contributed by atoms with E-state index in [-0.39, 0.29) is 17.6 Å². The molecule has 2 N–H and O–H groups in total. The van der Waals surface area contributed by atoms with Gasteiger partial charge in [0.1, 0.15) is 0 Å². The number of benzene rings is 2. The highest BCUT2D eigenvalue weighted by Crippen LogP contribution is 2.22. The first-order chi connectivity index (χ1) is 13.4. The fourth-order valence-corrected chi connectivity index (χ4v) is 3.31. The van der Waals surface area contributed by atoms with Gasteiger partial charge in [0, 0.05) is 18.3 Å². The number of hydrogen-bond donors (Lipinski definition) is 2. The maximum Gasteiger partial charge on any atom is 0.234 e. The lowest BCUT2D eigenvalue weighted by Gasteiger charge is -2.09. The van der Waals surface area contributed by atoms with Gasteiger partial charge in [-0.3, -0.25) is 9.59 Å². The summed E-state index contributed by atoms with van der Waals surface area (Å²) in [7, 11) is 0. The van der Waals surface area contributed by atoms with E-state index >= 15 is 0 Å². The van der Waals surface area contributed by atoms with E-state index in [4.69, 9.17) is 0 Å². The van der Waals surface area contributed by atoms with Crippen LogP contribution in [0.5, 0.6) is 0 Å². The highest BCUT2D eigenvalue weighted by Gasteiger charge is 2.13. The van der Waals surface area contributed by atoms with Crippen molar-refractivity contribution in [2.45, 2.75) is 25.9 Å². The van der Waals surface area contributed by atoms with Crippen molar-refractivity contribution in [2.75, 3.05) is 16.4 Å². The largest absolute Gasteiger partial charge is 0.326 e. The molecule has 28 heavy (non-hydrogen) atoms. The number of nitrogens with one attached hydrogen (secondary N) is 2. The van der Waals surface area contributed by atoms with E-state index in [1.807, 2.05) is 26.0 Å². The third kappa shape index (κ3) is 4.95. The third-order valence-electron chi connectivity index (χ3n) is 3.84. The third-order valence-corrected chi connectivity index (χ3v) is 4.76. The Balaban J connectivity index is 1.61. The van der Waals surface area contributed by atoms with E-state index in [1.54, 1.807) is 28.9 Å². The molecule has 0 radical (unpaired) electrons. The summed E-state index contributed by atoms with van der Waals surface area (Å²) in [5.41, 5.74) is 4.42. The number of aromatic nitrogens is 4. The molecule has 3 aromatic rings. The minimum absolute atomic E-state index is 0.144. The number of amides is 2. The molecule has 1 aromatic heterocycles. The monoisotopic (exact) mass is 396 g/mol. The molecule has 0 aliphatic rings. The van der Waals surface area contributed by atoms with Crippen molar-refractivity contribution >= 4 is 35.0 Å². The molecule has 8 nitrogen and oxygen atoms in total. The van der Waals surface area contributed by atoms with Gasteiger partial charge in [0.2, 0.25) is 17.0 Å². The number of anilines is 2. The summed E-state index contributed by atoms with van der Waals surface area (Å²) in [5.74, 6) is -0.152. The lowest BCUT2D eigenvalue weighted by atomic mass is 10.1. The summed E-state index contributed by atoms with van der Waals surface area (Å²) in [6.07, 6.45) is 0. The molecule has 0 fully saturated rings. The van der Waals surface area contributed by atoms with Gasteiger partial charge in [-0.05, 0) is 60.2 Å². The molecule has 0 aliphatic carbocycles. The van der Waals surface area contributed by atoms with Gasteiger partial charge in [-0.2, -0.15) is 4.68 Å². The molecule has 0 unspecified atom stereocenters. The fraction of sp³-hybridized carbons (Fsp3) is 0.211. The highest BCUT2D eigenvalue weighted by atomic mass is 32.2. The molecule has 0 spiro atoms. The van der Waals surface area contributed by atoms with Crippen molar-refractivity contribution < 1.29 is 9.59 Å². The number of hydrogen-bond acceptors (Lipinski definition) is 6. The van der Waals surface area contributed by atoms with E-state index < -0.39 is 0 Å². The molecule has 0 saturated carbocycles. The van der Waals surface area contributed by atoms with Gasteiger partial charge < -0.3 is 10.6 Å². The molecular weight excluding hydrogens is 376 g/mol. The molecule has 3 rings (SSSR count). The molecular formula is C19H20N6O2S. The molecule has 144 valence electrons. The Bertz CT molecular complexity index is 1000. The Morgan fingerprint density at radius 1 is 1.04 bits per heavy atom. The van der Waals surface area contributed by atoms with Gasteiger partial charge in [0.25, 0.3) is 0 Å². The summed E-state index contributed by atoms with van der Waals surface area (Å²) in [6.45, 7) is 5.47. The predicted octanol–water partition coefficient (Wildman–Crippen LogP) is 2.97.